The van der Waals surface area contributed by atoms with Gasteiger partial charge in [-0.15, -0.1) is 0 Å². The van der Waals surface area contributed by atoms with Gasteiger partial charge in [0.05, 0.1) is 0 Å². The van der Waals surface area contributed by atoms with Crippen molar-refractivity contribution in [1.29, 1.82) is 0 Å². The lowest BCUT2D eigenvalue weighted by Crippen LogP contribution is -2.30. The van der Waals surface area contributed by atoms with Crippen LogP contribution in [0.4, 0.5) is 0 Å². The number of esters is 3. The van der Waals surface area contributed by atoms with Crippen LogP contribution >= 0.6 is 0 Å². The van der Waals surface area contributed by atoms with Crippen LogP contribution < -0.4 is 0 Å². The second-order valence-electron chi connectivity index (χ2n) is 22.0. The van der Waals surface area contributed by atoms with Crippen LogP contribution in [0, 0.1) is 0 Å². The van der Waals surface area contributed by atoms with Gasteiger partial charge >= 0.3 is 17.9 Å². The van der Waals surface area contributed by atoms with Crippen molar-refractivity contribution < 1.29 is 28.6 Å². The molecule has 0 fully saturated rings. The molecule has 0 saturated carbocycles. The largest absolute Gasteiger partial charge is 0.462 e. The molecule has 0 aromatic rings. The lowest BCUT2D eigenvalue weighted by Gasteiger charge is -2.18. The van der Waals surface area contributed by atoms with E-state index < -0.39 is 6.10 Å². The summed E-state index contributed by atoms with van der Waals surface area (Å²) in [4.78, 5) is 38.3. The van der Waals surface area contributed by atoms with Crippen molar-refractivity contribution in [3.05, 3.63) is 72.9 Å². The lowest BCUT2D eigenvalue weighted by molar-refractivity contribution is -0.167. The zero-order valence-corrected chi connectivity index (χ0v) is 50.5. The summed E-state index contributed by atoms with van der Waals surface area (Å²) < 4.78 is 16.9. The molecule has 1 unspecified atom stereocenters. The molecule has 0 heterocycles. The summed E-state index contributed by atoms with van der Waals surface area (Å²) in [6.45, 7) is 6.53. The first-order chi connectivity index (χ1) is 37.5. The van der Waals surface area contributed by atoms with Crippen molar-refractivity contribution in [1.82, 2.24) is 0 Å². The van der Waals surface area contributed by atoms with Gasteiger partial charge in [-0.2, -0.15) is 0 Å². The van der Waals surface area contributed by atoms with Gasteiger partial charge in [0, 0.05) is 19.3 Å². The van der Waals surface area contributed by atoms with E-state index >= 15 is 0 Å². The Bertz CT molecular complexity index is 1400. The highest BCUT2D eigenvalue weighted by Crippen LogP contribution is 2.17. The fraction of sp³-hybridized carbons (Fsp3) is 0.786. The zero-order chi connectivity index (χ0) is 55.0. The third-order valence-electron chi connectivity index (χ3n) is 14.4. The van der Waals surface area contributed by atoms with Crippen LogP contribution in [0.15, 0.2) is 72.9 Å². The Kier molecular flexibility index (Phi) is 61.7. The highest BCUT2D eigenvalue weighted by atomic mass is 16.6. The van der Waals surface area contributed by atoms with E-state index in [0.717, 1.165) is 116 Å². The number of carbonyl (C=O) groups is 3. The van der Waals surface area contributed by atoms with Gasteiger partial charge in [-0.05, 0) is 89.9 Å². The summed E-state index contributed by atoms with van der Waals surface area (Å²) in [5.74, 6) is -0.895. The number of rotatable bonds is 60. The predicted molar refractivity (Wildman–Crippen MR) is 330 cm³/mol. The maximum Gasteiger partial charge on any atom is 0.306 e. The third-order valence-corrected chi connectivity index (χ3v) is 14.4. The van der Waals surface area contributed by atoms with Crippen molar-refractivity contribution in [2.75, 3.05) is 13.2 Å². The topological polar surface area (TPSA) is 78.9 Å². The third kappa shape index (κ3) is 61.7. The maximum absolute atomic E-state index is 12.9. The number of hydrogen-bond acceptors (Lipinski definition) is 6. The second kappa shape index (κ2) is 64.4. The van der Waals surface area contributed by atoms with Crippen LogP contribution in [0.25, 0.3) is 0 Å². The Hall–Kier alpha value is -3.15. The van der Waals surface area contributed by atoms with Gasteiger partial charge in [-0.25, -0.2) is 0 Å². The molecule has 0 spiro atoms. The average Bonchev–Trinajstić information content (AvgIpc) is 3.42. The van der Waals surface area contributed by atoms with E-state index in [1.807, 2.05) is 0 Å². The Labute approximate surface area is 472 Å². The average molecular weight is 1060 g/mol. The summed E-state index contributed by atoms with van der Waals surface area (Å²) in [6, 6.07) is 0. The Morgan fingerprint density at radius 3 is 0.829 bits per heavy atom. The Morgan fingerprint density at radius 1 is 0.276 bits per heavy atom. The highest BCUT2D eigenvalue weighted by Gasteiger charge is 2.19. The number of ether oxygens (including phenoxy) is 3. The van der Waals surface area contributed by atoms with E-state index in [1.165, 1.54) is 180 Å². The standard InChI is InChI=1S/C70H124O6/c1-4-7-10-13-16-19-22-25-28-30-32-33-34-35-36-38-39-42-45-48-51-54-57-60-63-69(72)75-66-67(65-74-68(71)62-59-56-53-50-47-44-41-27-24-21-18-15-12-9-6-3)76-70(73)64-61-58-55-52-49-46-43-40-37-31-29-26-23-20-17-14-11-8-5-2/h8,11,17-18,20-21,26-27,29,37,40-41,67H,4-7,9-10,12-16,19,22-25,28,30-36,38-39,42-66H2,1-3H3/b11-8-,20-17-,21-18-,29-26-,40-37-,41-27-. The Morgan fingerprint density at radius 2 is 0.513 bits per heavy atom. The van der Waals surface area contributed by atoms with Gasteiger partial charge in [0.2, 0.25) is 0 Å². The molecule has 0 saturated heterocycles. The van der Waals surface area contributed by atoms with Crippen LogP contribution in [0.3, 0.4) is 0 Å². The van der Waals surface area contributed by atoms with Crippen LogP contribution in [0.5, 0.6) is 0 Å². The molecular formula is C70H124O6. The van der Waals surface area contributed by atoms with E-state index in [4.69, 9.17) is 14.2 Å². The summed E-state index contributed by atoms with van der Waals surface area (Å²) in [5, 5.41) is 0. The van der Waals surface area contributed by atoms with Gasteiger partial charge in [0.1, 0.15) is 13.2 Å². The van der Waals surface area contributed by atoms with Crippen molar-refractivity contribution in [2.24, 2.45) is 0 Å². The molecule has 0 amide bonds. The molecule has 0 radical (unpaired) electrons. The zero-order valence-electron chi connectivity index (χ0n) is 50.5. The molecule has 0 aromatic carbocycles. The van der Waals surface area contributed by atoms with Crippen molar-refractivity contribution >= 4 is 17.9 Å². The van der Waals surface area contributed by atoms with E-state index in [0.29, 0.717) is 19.3 Å². The molecule has 6 nitrogen and oxygen atoms in total. The van der Waals surface area contributed by atoms with Gasteiger partial charge in [-0.1, -0.05) is 299 Å². The molecule has 0 rings (SSSR count). The molecule has 0 aromatic heterocycles. The Balaban J connectivity index is 4.33. The normalized spacial score (nSPS) is 12.5. The highest BCUT2D eigenvalue weighted by molar-refractivity contribution is 5.71. The quantitative estimate of drug-likeness (QED) is 0.0261. The molecule has 0 aliphatic carbocycles. The van der Waals surface area contributed by atoms with Crippen molar-refractivity contribution in [2.45, 2.75) is 341 Å². The molecule has 1 atom stereocenters. The number of hydrogen-bond donors (Lipinski definition) is 0. The molecule has 440 valence electrons. The SMILES string of the molecule is CC/C=C\C/C=C\C/C=C\C/C=C\CCCCCCCCC(=O)OC(COC(=O)CCCCCCC/C=C\C/C=C\CCCCC)COC(=O)CCCCCCCCCCCCCCCCCCCCCCCCCC. The first kappa shape index (κ1) is 72.8. The van der Waals surface area contributed by atoms with Crippen LogP contribution in [0.1, 0.15) is 335 Å². The molecule has 0 bridgehead atoms. The number of carbonyl (C=O) groups excluding carboxylic acids is 3. The summed E-state index contributed by atoms with van der Waals surface area (Å²) in [5.41, 5.74) is 0. The minimum atomic E-state index is -0.789. The fourth-order valence-corrected chi connectivity index (χ4v) is 9.53. The molecule has 76 heavy (non-hydrogen) atoms. The van der Waals surface area contributed by atoms with Gasteiger partial charge in [-0.3, -0.25) is 14.4 Å². The smallest absolute Gasteiger partial charge is 0.306 e. The van der Waals surface area contributed by atoms with Crippen LogP contribution in [-0.4, -0.2) is 37.2 Å². The number of unbranched alkanes of at least 4 members (excludes halogenated alkanes) is 37. The number of allylic oxidation sites excluding steroid dienone is 12. The molecule has 6 heteroatoms. The van der Waals surface area contributed by atoms with Crippen LogP contribution in [-0.2, 0) is 28.6 Å². The second-order valence-corrected chi connectivity index (χ2v) is 22.0. The fourth-order valence-electron chi connectivity index (χ4n) is 9.53. The first-order valence-corrected chi connectivity index (χ1v) is 32.9. The van der Waals surface area contributed by atoms with E-state index in [-0.39, 0.29) is 31.1 Å². The van der Waals surface area contributed by atoms with Crippen LogP contribution in [0.2, 0.25) is 0 Å². The predicted octanol–water partition coefficient (Wildman–Crippen LogP) is 22.5. The molecule has 0 aliphatic rings. The minimum Gasteiger partial charge on any atom is -0.462 e. The summed E-state index contributed by atoms with van der Waals surface area (Å²) in [6.07, 6.45) is 83.4. The molecule has 0 aliphatic heterocycles. The minimum absolute atomic E-state index is 0.0831. The summed E-state index contributed by atoms with van der Waals surface area (Å²) in [7, 11) is 0. The van der Waals surface area contributed by atoms with Crippen molar-refractivity contribution in [3.8, 4) is 0 Å². The monoisotopic (exact) mass is 1060 g/mol. The molecular weight excluding hydrogens is 937 g/mol. The van der Waals surface area contributed by atoms with E-state index in [1.54, 1.807) is 0 Å². The van der Waals surface area contributed by atoms with Gasteiger partial charge in [0.25, 0.3) is 0 Å². The van der Waals surface area contributed by atoms with Crippen molar-refractivity contribution in [3.63, 3.8) is 0 Å². The summed E-state index contributed by atoms with van der Waals surface area (Å²) >= 11 is 0. The lowest BCUT2D eigenvalue weighted by atomic mass is 10.0. The van der Waals surface area contributed by atoms with E-state index in [2.05, 4.69) is 93.7 Å². The maximum atomic E-state index is 12.9. The van der Waals surface area contributed by atoms with Gasteiger partial charge in [0.15, 0.2) is 6.10 Å². The van der Waals surface area contributed by atoms with Gasteiger partial charge < -0.3 is 14.2 Å². The molecule has 0 N–H and O–H groups in total. The first-order valence-electron chi connectivity index (χ1n) is 32.9. The van der Waals surface area contributed by atoms with E-state index in [9.17, 15) is 14.4 Å².